The summed E-state index contributed by atoms with van der Waals surface area (Å²) in [5.74, 6) is 0.118. The Balaban J connectivity index is 1.61. The molecule has 2 rings (SSSR count). The Morgan fingerprint density at radius 3 is 2.29 bits per heavy atom. The van der Waals surface area contributed by atoms with E-state index in [4.69, 9.17) is 9.84 Å². The molecule has 2 saturated heterocycles. The Morgan fingerprint density at radius 2 is 1.71 bits per heavy atom. The highest BCUT2D eigenvalue weighted by Crippen LogP contribution is 2.22. The highest BCUT2D eigenvalue weighted by atomic mass is 16.5. The quantitative estimate of drug-likeness (QED) is 0.808. The number of carboxylic acids is 1. The molecule has 5 heteroatoms. The van der Waals surface area contributed by atoms with Gasteiger partial charge in [0.05, 0.1) is 18.6 Å². The number of nitrogens with zero attached hydrogens (tertiary/aromatic N) is 2. The van der Waals surface area contributed by atoms with Crippen molar-refractivity contribution in [3.8, 4) is 0 Å². The first-order valence-electron chi connectivity index (χ1n) is 8.35. The second-order valence-electron chi connectivity index (χ2n) is 6.73. The molecule has 2 heterocycles. The molecule has 2 atom stereocenters. The maximum atomic E-state index is 10.6. The standard InChI is InChI=1S/C16H30N2O3/c1-13-11-18(12-14(2)21-13)9-5-15-3-7-17(8-4-15)10-6-16(19)20/h13-15H,3-12H2,1-2H3,(H,19,20)/t13-,14-/m0/s1. The van der Waals surface area contributed by atoms with Gasteiger partial charge in [-0.3, -0.25) is 9.69 Å². The fraction of sp³-hybridized carbons (Fsp3) is 0.938. The van der Waals surface area contributed by atoms with Crippen molar-refractivity contribution in [2.45, 2.75) is 51.7 Å². The molecule has 2 aliphatic heterocycles. The summed E-state index contributed by atoms with van der Waals surface area (Å²) in [5, 5.41) is 8.72. The van der Waals surface area contributed by atoms with Crippen LogP contribution in [-0.2, 0) is 9.53 Å². The Morgan fingerprint density at radius 1 is 1.10 bits per heavy atom. The smallest absolute Gasteiger partial charge is 0.304 e. The molecule has 0 saturated carbocycles. The largest absolute Gasteiger partial charge is 0.481 e. The summed E-state index contributed by atoms with van der Waals surface area (Å²) in [7, 11) is 0. The van der Waals surface area contributed by atoms with Crippen LogP contribution in [0.1, 0.15) is 39.5 Å². The van der Waals surface area contributed by atoms with Gasteiger partial charge in [0.25, 0.3) is 0 Å². The minimum atomic E-state index is -0.687. The van der Waals surface area contributed by atoms with Gasteiger partial charge in [0.2, 0.25) is 0 Å². The van der Waals surface area contributed by atoms with Crippen LogP contribution >= 0.6 is 0 Å². The summed E-state index contributed by atoms with van der Waals surface area (Å²) in [6, 6.07) is 0. The normalized spacial score (nSPS) is 29.6. The van der Waals surface area contributed by atoms with E-state index in [1.165, 1.54) is 25.8 Å². The molecule has 2 aliphatic rings. The molecule has 122 valence electrons. The number of aliphatic carboxylic acids is 1. The Bertz CT molecular complexity index is 319. The summed E-state index contributed by atoms with van der Waals surface area (Å²) < 4.78 is 5.77. The van der Waals surface area contributed by atoms with Crippen molar-refractivity contribution in [1.82, 2.24) is 9.80 Å². The minimum absolute atomic E-state index is 0.272. The molecule has 0 aromatic rings. The van der Waals surface area contributed by atoms with Crippen molar-refractivity contribution in [2.75, 3.05) is 39.3 Å². The van der Waals surface area contributed by atoms with Gasteiger partial charge in [-0.25, -0.2) is 0 Å². The second kappa shape index (κ2) is 8.11. The Labute approximate surface area is 128 Å². The number of hydrogen-bond acceptors (Lipinski definition) is 4. The molecular formula is C16H30N2O3. The molecule has 1 N–H and O–H groups in total. The lowest BCUT2D eigenvalue weighted by Gasteiger charge is -2.37. The monoisotopic (exact) mass is 298 g/mol. The van der Waals surface area contributed by atoms with Crippen molar-refractivity contribution < 1.29 is 14.6 Å². The second-order valence-corrected chi connectivity index (χ2v) is 6.73. The van der Waals surface area contributed by atoms with E-state index in [9.17, 15) is 4.79 Å². The zero-order chi connectivity index (χ0) is 15.2. The van der Waals surface area contributed by atoms with E-state index in [1.807, 2.05) is 0 Å². The molecule has 0 radical (unpaired) electrons. The third-order valence-corrected chi connectivity index (χ3v) is 4.70. The Hall–Kier alpha value is -0.650. The number of hydrogen-bond donors (Lipinski definition) is 1. The molecule has 0 bridgehead atoms. The molecule has 0 unspecified atom stereocenters. The van der Waals surface area contributed by atoms with E-state index in [-0.39, 0.29) is 6.42 Å². The number of carboxylic acid groups (broad SMARTS) is 1. The predicted molar refractivity (Wildman–Crippen MR) is 82.5 cm³/mol. The molecule has 0 amide bonds. The minimum Gasteiger partial charge on any atom is -0.481 e. The first kappa shape index (κ1) is 16.7. The van der Waals surface area contributed by atoms with Gasteiger partial charge in [-0.15, -0.1) is 0 Å². The topological polar surface area (TPSA) is 53.0 Å². The van der Waals surface area contributed by atoms with Crippen LogP contribution in [-0.4, -0.2) is 72.4 Å². The molecule has 0 aromatic carbocycles. The number of rotatable bonds is 6. The lowest BCUT2D eigenvalue weighted by molar-refractivity contribution is -0.137. The fourth-order valence-corrected chi connectivity index (χ4v) is 3.58. The zero-order valence-corrected chi connectivity index (χ0v) is 13.5. The van der Waals surface area contributed by atoms with Crippen LogP contribution in [0.4, 0.5) is 0 Å². The summed E-state index contributed by atoms with van der Waals surface area (Å²) in [5.41, 5.74) is 0. The highest BCUT2D eigenvalue weighted by molar-refractivity contribution is 5.66. The van der Waals surface area contributed by atoms with Gasteiger partial charge in [0.1, 0.15) is 0 Å². The highest BCUT2D eigenvalue weighted by Gasteiger charge is 2.24. The van der Waals surface area contributed by atoms with Crippen molar-refractivity contribution in [3.05, 3.63) is 0 Å². The van der Waals surface area contributed by atoms with Crippen LogP contribution in [0, 0.1) is 5.92 Å². The van der Waals surface area contributed by atoms with E-state index < -0.39 is 5.97 Å². The van der Waals surface area contributed by atoms with Gasteiger partial charge in [-0.05, 0) is 58.7 Å². The first-order valence-corrected chi connectivity index (χ1v) is 8.35. The molecular weight excluding hydrogens is 268 g/mol. The van der Waals surface area contributed by atoms with Gasteiger partial charge in [-0.1, -0.05) is 0 Å². The van der Waals surface area contributed by atoms with E-state index in [1.54, 1.807) is 0 Å². The van der Waals surface area contributed by atoms with Crippen LogP contribution in [0.3, 0.4) is 0 Å². The van der Waals surface area contributed by atoms with Crippen molar-refractivity contribution in [2.24, 2.45) is 5.92 Å². The summed E-state index contributed by atoms with van der Waals surface area (Å²) >= 11 is 0. The molecule has 21 heavy (non-hydrogen) atoms. The molecule has 0 aromatic heterocycles. The molecule has 0 spiro atoms. The number of morpholine rings is 1. The first-order chi connectivity index (χ1) is 10.0. The van der Waals surface area contributed by atoms with Gasteiger partial charge < -0.3 is 14.7 Å². The van der Waals surface area contributed by atoms with E-state index in [2.05, 4.69) is 23.6 Å². The van der Waals surface area contributed by atoms with E-state index in [0.29, 0.717) is 18.8 Å². The van der Waals surface area contributed by atoms with E-state index >= 15 is 0 Å². The fourth-order valence-electron chi connectivity index (χ4n) is 3.58. The zero-order valence-electron chi connectivity index (χ0n) is 13.5. The van der Waals surface area contributed by atoms with Crippen molar-refractivity contribution >= 4 is 5.97 Å². The number of ether oxygens (including phenoxy) is 1. The summed E-state index contributed by atoms with van der Waals surface area (Å²) in [6.07, 6.45) is 4.68. The average molecular weight is 298 g/mol. The molecule has 0 aliphatic carbocycles. The van der Waals surface area contributed by atoms with Crippen LogP contribution in [0.5, 0.6) is 0 Å². The van der Waals surface area contributed by atoms with Crippen molar-refractivity contribution in [1.29, 1.82) is 0 Å². The SMILES string of the molecule is C[C@H]1CN(CCC2CCN(CCC(=O)O)CC2)C[C@H](C)O1. The summed E-state index contributed by atoms with van der Waals surface area (Å²) in [4.78, 5) is 15.4. The average Bonchev–Trinajstić information content (AvgIpc) is 2.43. The maximum absolute atomic E-state index is 10.6. The number of carbonyl (C=O) groups is 1. The van der Waals surface area contributed by atoms with Gasteiger partial charge in [0.15, 0.2) is 0 Å². The Kier molecular flexibility index (Phi) is 6.45. The predicted octanol–water partition coefficient (Wildman–Crippen LogP) is 1.67. The molecule has 2 fully saturated rings. The van der Waals surface area contributed by atoms with E-state index in [0.717, 1.165) is 32.1 Å². The lowest BCUT2D eigenvalue weighted by atomic mass is 9.93. The number of piperidine rings is 1. The van der Waals surface area contributed by atoms with Crippen LogP contribution < -0.4 is 0 Å². The van der Waals surface area contributed by atoms with Crippen molar-refractivity contribution in [3.63, 3.8) is 0 Å². The van der Waals surface area contributed by atoms with Gasteiger partial charge in [-0.2, -0.15) is 0 Å². The molecule has 5 nitrogen and oxygen atoms in total. The maximum Gasteiger partial charge on any atom is 0.304 e. The van der Waals surface area contributed by atoms with Crippen LogP contribution in [0.15, 0.2) is 0 Å². The van der Waals surface area contributed by atoms with Crippen LogP contribution in [0.25, 0.3) is 0 Å². The number of likely N-dealkylation sites (tertiary alicyclic amines) is 1. The van der Waals surface area contributed by atoms with Crippen LogP contribution in [0.2, 0.25) is 0 Å². The third kappa shape index (κ3) is 5.93. The van der Waals surface area contributed by atoms with Gasteiger partial charge in [0, 0.05) is 19.6 Å². The van der Waals surface area contributed by atoms with Gasteiger partial charge >= 0.3 is 5.97 Å². The third-order valence-electron chi connectivity index (χ3n) is 4.70. The summed E-state index contributed by atoms with van der Waals surface area (Å²) in [6.45, 7) is 10.4. The lowest BCUT2D eigenvalue weighted by Crippen LogP contribution is -2.46.